The van der Waals surface area contributed by atoms with E-state index in [1.807, 2.05) is 20.8 Å². The Morgan fingerprint density at radius 1 is 1.22 bits per heavy atom. The minimum atomic E-state index is -0.899. The predicted molar refractivity (Wildman–Crippen MR) is 66.8 cm³/mol. The van der Waals surface area contributed by atoms with E-state index < -0.39 is 17.0 Å². The molecule has 0 heterocycles. The lowest BCUT2D eigenvalue weighted by Gasteiger charge is -2.32. The second-order valence-corrected chi connectivity index (χ2v) is 6.06. The third-order valence-electron chi connectivity index (χ3n) is 3.23. The number of rotatable bonds is 4. The summed E-state index contributed by atoms with van der Waals surface area (Å²) in [6.45, 7) is 5.46. The topological polar surface area (TPSA) is 75.6 Å². The Bertz CT molecular complexity index is 313. The Morgan fingerprint density at radius 3 is 2.22 bits per heavy atom. The lowest BCUT2D eigenvalue weighted by molar-refractivity contribution is -0.159. The number of nitrogens with one attached hydrogen (secondary N) is 1. The van der Waals surface area contributed by atoms with Gasteiger partial charge in [0.25, 0.3) is 0 Å². The van der Waals surface area contributed by atoms with Gasteiger partial charge in [0.2, 0.25) is 5.91 Å². The third-order valence-corrected chi connectivity index (χ3v) is 3.23. The molecule has 0 aliphatic heterocycles. The number of carboxylic acids is 1. The first-order valence-electron chi connectivity index (χ1n) is 6.45. The van der Waals surface area contributed by atoms with E-state index in [0.717, 1.165) is 19.3 Å². The number of hydrogen-bond donors (Lipinski definition) is 2. The fraction of sp³-hybridized carbons (Fsp3) is 0.846. The maximum atomic E-state index is 11.8. The summed E-state index contributed by atoms with van der Waals surface area (Å²) >= 11 is 0. The van der Waals surface area contributed by atoms with Crippen LogP contribution in [0, 0.1) is 5.41 Å². The molecular weight excluding hydrogens is 234 g/mol. The van der Waals surface area contributed by atoms with Gasteiger partial charge < -0.3 is 5.11 Å². The van der Waals surface area contributed by atoms with Crippen LogP contribution in [0.4, 0.5) is 0 Å². The summed E-state index contributed by atoms with van der Waals surface area (Å²) in [5, 5.41) is 9.34. The molecule has 18 heavy (non-hydrogen) atoms. The van der Waals surface area contributed by atoms with Crippen molar-refractivity contribution in [2.45, 2.75) is 64.9 Å². The van der Waals surface area contributed by atoms with E-state index in [1.165, 1.54) is 0 Å². The van der Waals surface area contributed by atoms with Gasteiger partial charge in [-0.15, -0.1) is 0 Å². The van der Waals surface area contributed by atoms with E-state index in [1.54, 1.807) is 0 Å². The molecule has 1 fully saturated rings. The quantitative estimate of drug-likeness (QED) is 0.757. The molecule has 0 unspecified atom stereocenters. The van der Waals surface area contributed by atoms with Crippen molar-refractivity contribution < 1.29 is 19.5 Å². The molecule has 0 saturated heterocycles. The van der Waals surface area contributed by atoms with Crippen LogP contribution in [0.5, 0.6) is 0 Å². The van der Waals surface area contributed by atoms with Gasteiger partial charge in [-0.3, -0.25) is 14.4 Å². The molecule has 0 aromatic carbocycles. The van der Waals surface area contributed by atoms with Gasteiger partial charge in [0.05, 0.1) is 11.0 Å². The number of aliphatic carboxylic acids is 1. The Morgan fingerprint density at radius 2 is 1.78 bits per heavy atom. The average molecular weight is 257 g/mol. The van der Waals surface area contributed by atoms with E-state index in [-0.39, 0.29) is 12.3 Å². The molecular formula is C13H23NO4. The fourth-order valence-electron chi connectivity index (χ4n) is 2.25. The predicted octanol–water partition coefficient (Wildman–Crippen LogP) is 2.26. The summed E-state index contributed by atoms with van der Waals surface area (Å²) in [6.07, 6.45) is 3.95. The largest absolute Gasteiger partial charge is 0.481 e. The van der Waals surface area contributed by atoms with Crippen LogP contribution in [0.15, 0.2) is 0 Å². The average Bonchev–Trinajstić information content (AvgIpc) is 2.26. The summed E-state index contributed by atoms with van der Waals surface area (Å²) < 4.78 is 0. The van der Waals surface area contributed by atoms with E-state index in [4.69, 9.17) is 4.84 Å². The number of carboxylic acid groups (broad SMARTS) is 1. The van der Waals surface area contributed by atoms with Gasteiger partial charge in [-0.05, 0) is 33.6 Å². The molecule has 0 aromatic rings. The van der Waals surface area contributed by atoms with Crippen molar-refractivity contribution in [3.05, 3.63) is 0 Å². The zero-order chi connectivity index (χ0) is 13.8. The molecule has 0 bridgehead atoms. The maximum Gasteiger partial charge on any atom is 0.310 e. The highest BCUT2D eigenvalue weighted by Crippen LogP contribution is 2.39. The molecule has 2 N–H and O–H groups in total. The minimum absolute atomic E-state index is 0.00157. The normalized spacial score (nSPS) is 19.3. The molecule has 0 spiro atoms. The highest BCUT2D eigenvalue weighted by Gasteiger charge is 2.41. The number of hydrogen-bond acceptors (Lipinski definition) is 3. The fourth-order valence-corrected chi connectivity index (χ4v) is 2.25. The van der Waals surface area contributed by atoms with E-state index in [2.05, 4.69) is 5.48 Å². The summed E-state index contributed by atoms with van der Waals surface area (Å²) in [7, 11) is 0. The van der Waals surface area contributed by atoms with E-state index >= 15 is 0 Å². The Hall–Kier alpha value is -1.10. The summed E-state index contributed by atoms with van der Waals surface area (Å²) in [5.74, 6) is -1.22. The zero-order valence-corrected chi connectivity index (χ0v) is 11.4. The monoisotopic (exact) mass is 257 g/mol. The van der Waals surface area contributed by atoms with E-state index in [0.29, 0.717) is 12.8 Å². The van der Waals surface area contributed by atoms with Gasteiger partial charge in [-0.1, -0.05) is 19.3 Å². The third kappa shape index (κ3) is 4.29. The highest BCUT2D eigenvalue weighted by molar-refractivity contribution is 5.84. The molecule has 1 saturated carbocycles. The van der Waals surface area contributed by atoms with E-state index in [9.17, 15) is 14.7 Å². The standard InChI is InChI=1S/C13H23NO4/c1-12(2,3)18-14-10(15)9-13(11(16)17)7-5-4-6-8-13/h4-9H2,1-3H3,(H,14,15)(H,16,17). The highest BCUT2D eigenvalue weighted by atomic mass is 16.7. The van der Waals surface area contributed by atoms with Crippen molar-refractivity contribution in [3.8, 4) is 0 Å². The van der Waals surface area contributed by atoms with Gasteiger partial charge in [-0.25, -0.2) is 5.48 Å². The number of hydroxylamine groups is 1. The molecule has 0 atom stereocenters. The zero-order valence-electron chi connectivity index (χ0n) is 11.4. The molecule has 0 radical (unpaired) electrons. The molecule has 0 aromatic heterocycles. The number of amides is 1. The van der Waals surface area contributed by atoms with Crippen LogP contribution in [-0.4, -0.2) is 22.6 Å². The molecule has 1 aliphatic rings. The minimum Gasteiger partial charge on any atom is -0.481 e. The van der Waals surface area contributed by atoms with Crippen LogP contribution >= 0.6 is 0 Å². The molecule has 5 nitrogen and oxygen atoms in total. The molecule has 1 rings (SSSR count). The Labute approximate surface area is 108 Å². The molecule has 1 aliphatic carbocycles. The van der Waals surface area contributed by atoms with Crippen molar-refractivity contribution in [2.24, 2.45) is 5.41 Å². The Kier molecular flexibility index (Phi) is 4.73. The number of carbonyl (C=O) groups excluding carboxylic acids is 1. The Balaban J connectivity index is 2.56. The molecule has 1 amide bonds. The first kappa shape index (κ1) is 15.0. The molecule has 104 valence electrons. The second-order valence-electron chi connectivity index (χ2n) is 6.06. The first-order chi connectivity index (χ1) is 8.25. The lowest BCUT2D eigenvalue weighted by atomic mass is 9.72. The van der Waals surface area contributed by atoms with Crippen LogP contribution in [0.2, 0.25) is 0 Å². The van der Waals surface area contributed by atoms with Gasteiger partial charge >= 0.3 is 5.97 Å². The lowest BCUT2D eigenvalue weighted by Crippen LogP contribution is -2.41. The SMILES string of the molecule is CC(C)(C)ONC(=O)CC1(C(=O)O)CCCCC1. The van der Waals surface area contributed by atoms with Crippen molar-refractivity contribution in [2.75, 3.05) is 0 Å². The van der Waals surface area contributed by atoms with Gasteiger partial charge in [0, 0.05) is 6.42 Å². The van der Waals surface area contributed by atoms with Crippen molar-refractivity contribution in [1.29, 1.82) is 0 Å². The van der Waals surface area contributed by atoms with Crippen LogP contribution in [0.25, 0.3) is 0 Å². The summed E-state index contributed by atoms with van der Waals surface area (Å²) in [5.41, 5.74) is 0.974. The second kappa shape index (κ2) is 5.69. The smallest absolute Gasteiger partial charge is 0.310 e. The summed E-state index contributed by atoms with van der Waals surface area (Å²) in [4.78, 5) is 28.3. The van der Waals surface area contributed by atoms with Crippen LogP contribution < -0.4 is 5.48 Å². The van der Waals surface area contributed by atoms with Gasteiger partial charge in [0.15, 0.2) is 0 Å². The van der Waals surface area contributed by atoms with Crippen LogP contribution in [-0.2, 0) is 14.4 Å². The van der Waals surface area contributed by atoms with Gasteiger partial charge in [0.1, 0.15) is 0 Å². The van der Waals surface area contributed by atoms with Crippen LogP contribution in [0.1, 0.15) is 59.3 Å². The van der Waals surface area contributed by atoms with Crippen molar-refractivity contribution in [3.63, 3.8) is 0 Å². The van der Waals surface area contributed by atoms with Crippen molar-refractivity contribution in [1.82, 2.24) is 5.48 Å². The number of carbonyl (C=O) groups is 2. The molecule has 5 heteroatoms. The summed E-state index contributed by atoms with van der Waals surface area (Å²) in [6, 6.07) is 0. The first-order valence-corrected chi connectivity index (χ1v) is 6.45. The van der Waals surface area contributed by atoms with Crippen molar-refractivity contribution >= 4 is 11.9 Å². The van der Waals surface area contributed by atoms with Gasteiger partial charge in [-0.2, -0.15) is 0 Å². The maximum absolute atomic E-state index is 11.8. The van der Waals surface area contributed by atoms with Crippen LogP contribution in [0.3, 0.4) is 0 Å².